The molecule has 1 heterocycles. The van der Waals surface area contributed by atoms with Crippen LogP contribution in [0.3, 0.4) is 0 Å². The number of carbonyl (C=O) groups is 2. The molecule has 0 saturated carbocycles. The molecule has 25 heavy (non-hydrogen) atoms. The van der Waals surface area contributed by atoms with Gasteiger partial charge >= 0.3 is 5.97 Å². The van der Waals surface area contributed by atoms with E-state index in [1.54, 1.807) is 30.3 Å². The highest BCUT2D eigenvalue weighted by Crippen LogP contribution is 2.35. The predicted octanol–water partition coefficient (Wildman–Crippen LogP) is 2.76. The second-order valence-corrected chi connectivity index (χ2v) is 6.23. The van der Waals surface area contributed by atoms with Crippen molar-refractivity contribution in [1.82, 2.24) is 4.90 Å². The van der Waals surface area contributed by atoms with Gasteiger partial charge in [0.1, 0.15) is 17.0 Å². The number of benzene rings is 2. The Morgan fingerprint density at radius 1 is 1.12 bits per heavy atom. The van der Waals surface area contributed by atoms with Crippen molar-refractivity contribution in [1.29, 1.82) is 0 Å². The molecule has 1 unspecified atom stereocenters. The summed E-state index contributed by atoms with van der Waals surface area (Å²) in [4.78, 5) is 25.8. The van der Waals surface area contributed by atoms with E-state index in [1.165, 1.54) is 4.90 Å². The van der Waals surface area contributed by atoms with E-state index in [9.17, 15) is 23.5 Å². The molecule has 1 atom stereocenters. The summed E-state index contributed by atoms with van der Waals surface area (Å²) in [5.74, 6) is -2.68. The summed E-state index contributed by atoms with van der Waals surface area (Å²) in [6.45, 7) is 0.277. The Morgan fingerprint density at radius 2 is 1.84 bits per heavy atom. The molecule has 0 spiro atoms. The van der Waals surface area contributed by atoms with E-state index in [4.69, 9.17) is 0 Å². The summed E-state index contributed by atoms with van der Waals surface area (Å²) in [5, 5.41) is 9.74. The van der Waals surface area contributed by atoms with Crippen molar-refractivity contribution >= 4 is 11.9 Å². The standard InChI is InChI=1S/C19H17F2NO3/c20-15-6-7-16(21)13(10-15)11-17(23)22-9-8-19(12-22,18(24)25)14-4-2-1-3-5-14/h1-7,10H,8-9,11-12H2,(H,24,25). The van der Waals surface area contributed by atoms with Crippen LogP contribution < -0.4 is 0 Å². The predicted molar refractivity (Wildman–Crippen MR) is 87.0 cm³/mol. The largest absolute Gasteiger partial charge is 0.481 e. The van der Waals surface area contributed by atoms with Gasteiger partial charge in [-0.3, -0.25) is 9.59 Å². The monoisotopic (exact) mass is 345 g/mol. The van der Waals surface area contributed by atoms with E-state index in [0.29, 0.717) is 5.56 Å². The van der Waals surface area contributed by atoms with Crippen molar-refractivity contribution in [3.05, 3.63) is 71.3 Å². The number of carboxylic acid groups (broad SMARTS) is 1. The zero-order chi connectivity index (χ0) is 18.0. The van der Waals surface area contributed by atoms with Gasteiger partial charge in [-0.1, -0.05) is 30.3 Å². The molecule has 130 valence electrons. The minimum absolute atomic E-state index is 0.0160. The van der Waals surface area contributed by atoms with Crippen molar-refractivity contribution in [2.45, 2.75) is 18.3 Å². The van der Waals surface area contributed by atoms with Gasteiger partial charge in [0, 0.05) is 18.7 Å². The third-order valence-corrected chi connectivity index (χ3v) is 4.71. The lowest BCUT2D eigenvalue weighted by Crippen LogP contribution is -2.40. The number of halogens is 2. The van der Waals surface area contributed by atoms with Gasteiger partial charge in [0.05, 0.1) is 6.42 Å². The van der Waals surface area contributed by atoms with Gasteiger partial charge in [-0.2, -0.15) is 0 Å². The van der Waals surface area contributed by atoms with E-state index < -0.39 is 28.9 Å². The molecule has 0 bridgehead atoms. The Kier molecular flexibility index (Phi) is 4.53. The van der Waals surface area contributed by atoms with Gasteiger partial charge in [0.25, 0.3) is 0 Å². The lowest BCUT2D eigenvalue weighted by Gasteiger charge is -2.25. The lowest BCUT2D eigenvalue weighted by atomic mass is 9.80. The lowest BCUT2D eigenvalue weighted by molar-refractivity contribution is -0.143. The van der Waals surface area contributed by atoms with Gasteiger partial charge in [-0.25, -0.2) is 8.78 Å². The maximum atomic E-state index is 13.7. The fourth-order valence-electron chi connectivity index (χ4n) is 3.27. The molecule has 1 amide bonds. The van der Waals surface area contributed by atoms with Gasteiger partial charge in [-0.15, -0.1) is 0 Å². The van der Waals surface area contributed by atoms with Crippen LogP contribution in [0, 0.1) is 11.6 Å². The zero-order valence-electron chi connectivity index (χ0n) is 13.4. The number of carbonyl (C=O) groups excluding carboxylic acids is 1. The number of nitrogens with zero attached hydrogens (tertiary/aromatic N) is 1. The fourth-order valence-corrected chi connectivity index (χ4v) is 3.27. The SMILES string of the molecule is O=C(Cc1cc(F)ccc1F)N1CCC(C(=O)O)(c2ccccc2)C1. The third-order valence-electron chi connectivity index (χ3n) is 4.71. The van der Waals surface area contributed by atoms with Gasteiger partial charge < -0.3 is 10.0 Å². The number of amides is 1. The Balaban J connectivity index is 1.80. The number of carboxylic acids is 1. The maximum absolute atomic E-state index is 13.7. The number of aliphatic carboxylic acids is 1. The molecule has 6 heteroatoms. The molecule has 1 saturated heterocycles. The molecule has 2 aromatic rings. The quantitative estimate of drug-likeness (QED) is 0.927. The van der Waals surface area contributed by atoms with Crippen LogP contribution in [0.4, 0.5) is 8.78 Å². The van der Waals surface area contributed by atoms with Crippen LogP contribution in [0.5, 0.6) is 0 Å². The fraction of sp³-hybridized carbons (Fsp3) is 0.263. The van der Waals surface area contributed by atoms with Crippen molar-refractivity contribution < 1.29 is 23.5 Å². The molecule has 1 fully saturated rings. The first-order chi connectivity index (χ1) is 11.9. The zero-order valence-corrected chi connectivity index (χ0v) is 13.4. The van der Waals surface area contributed by atoms with Crippen molar-refractivity contribution in [3.63, 3.8) is 0 Å². The Bertz CT molecular complexity index is 810. The average Bonchev–Trinajstić information content (AvgIpc) is 3.06. The normalized spacial score (nSPS) is 19.8. The van der Waals surface area contributed by atoms with Crippen LogP contribution in [0.25, 0.3) is 0 Å². The van der Waals surface area contributed by atoms with E-state index in [1.807, 2.05) is 0 Å². The molecule has 1 N–H and O–H groups in total. The molecule has 0 aromatic heterocycles. The molecule has 0 aliphatic carbocycles. The van der Waals surface area contributed by atoms with Crippen molar-refractivity contribution in [3.8, 4) is 0 Å². The highest BCUT2D eigenvalue weighted by atomic mass is 19.1. The average molecular weight is 345 g/mol. The van der Waals surface area contributed by atoms with Gasteiger partial charge in [0.15, 0.2) is 0 Å². The van der Waals surface area contributed by atoms with E-state index in [2.05, 4.69) is 0 Å². The number of hydrogen-bond acceptors (Lipinski definition) is 2. The van der Waals surface area contributed by atoms with Crippen LogP contribution in [-0.2, 0) is 21.4 Å². The minimum Gasteiger partial charge on any atom is -0.481 e. The second kappa shape index (κ2) is 6.63. The van der Waals surface area contributed by atoms with Gasteiger partial charge in [0.2, 0.25) is 5.91 Å². The van der Waals surface area contributed by atoms with Crippen LogP contribution in [0.15, 0.2) is 48.5 Å². The molecular weight excluding hydrogens is 328 g/mol. The first-order valence-corrected chi connectivity index (χ1v) is 7.93. The first-order valence-electron chi connectivity index (χ1n) is 7.93. The molecule has 2 aromatic carbocycles. The third kappa shape index (κ3) is 3.24. The van der Waals surface area contributed by atoms with Crippen molar-refractivity contribution in [2.24, 2.45) is 0 Å². The van der Waals surface area contributed by atoms with Crippen molar-refractivity contribution in [2.75, 3.05) is 13.1 Å². The summed E-state index contributed by atoms with van der Waals surface area (Å²) in [6.07, 6.45) is -0.0161. The number of likely N-dealkylation sites (tertiary alicyclic amines) is 1. The van der Waals surface area contributed by atoms with Crippen LogP contribution in [-0.4, -0.2) is 35.0 Å². The molecular formula is C19H17F2NO3. The summed E-state index contributed by atoms with van der Waals surface area (Å²) < 4.78 is 27.0. The first kappa shape index (κ1) is 17.1. The van der Waals surface area contributed by atoms with Crippen LogP contribution in [0.1, 0.15) is 17.5 Å². The summed E-state index contributed by atoms with van der Waals surface area (Å²) >= 11 is 0. The van der Waals surface area contributed by atoms with E-state index in [-0.39, 0.29) is 31.5 Å². The smallest absolute Gasteiger partial charge is 0.316 e. The highest BCUT2D eigenvalue weighted by molar-refractivity contribution is 5.85. The van der Waals surface area contributed by atoms with Crippen LogP contribution >= 0.6 is 0 Å². The Morgan fingerprint density at radius 3 is 2.52 bits per heavy atom. The highest BCUT2D eigenvalue weighted by Gasteiger charge is 2.47. The minimum atomic E-state index is -1.17. The second-order valence-electron chi connectivity index (χ2n) is 6.23. The number of hydrogen-bond donors (Lipinski definition) is 1. The summed E-state index contributed by atoms with van der Waals surface area (Å²) in [7, 11) is 0. The molecule has 3 rings (SSSR count). The topological polar surface area (TPSA) is 57.6 Å². The summed E-state index contributed by atoms with van der Waals surface area (Å²) in [5.41, 5.74) is -0.565. The molecule has 0 radical (unpaired) electrons. The Labute approximate surface area is 143 Å². The number of rotatable bonds is 4. The van der Waals surface area contributed by atoms with E-state index >= 15 is 0 Å². The molecule has 1 aliphatic heterocycles. The summed E-state index contributed by atoms with van der Waals surface area (Å²) in [6, 6.07) is 11.7. The molecule has 1 aliphatic rings. The van der Waals surface area contributed by atoms with Gasteiger partial charge in [-0.05, 0) is 30.2 Å². The van der Waals surface area contributed by atoms with Crippen LogP contribution in [0.2, 0.25) is 0 Å². The molecule has 4 nitrogen and oxygen atoms in total. The van der Waals surface area contributed by atoms with E-state index in [0.717, 1.165) is 18.2 Å². The Hall–Kier alpha value is -2.76. The maximum Gasteiger partial charge on any atom is 0.316 e.